The maximum Gasteiger partial charge on any atom is 0.233 e. The molecule has 5 nitrogen and oxygen atoms in total. The van der Waals surface area contributed by atoms with Crippen LogP contribution in [0, 0.1) is 0 Å². The molecule has 144 valence electrons. The van der Waals surface area contributed by atoms with Gasteiger partial charge in [0.2, 0.25) is 5.91 Å². The average Bonchev–Trinajstić information content (AvgIpc) is 3.49. The standard InChI is InChI=1S/C21H28N4OS/c1-24(18-10-6-3-7-11-18)19(26)15-27-21-23-22-20(17-12-13-17)25(21)14-16-8-4-2-5-9-16/h2,4-5,8-9,17-18H,3,6-7,10-15H2,1H3. The summed E-state index contributed by atoms with van der Waals surface area (Å²) < 4.78 is 2.21. The molecule has 0 bridgehead atoms. The summed E-state index contributed by atoms with van der Waals surface area (Å²) in [5.74, 6) is 2.25. The van der Waals surface area contributed by atoms with E-state index in [0.717, 1.165) is 30.4 Å². The van der Waals surface area contributed by atoms with Crippen LogP contribution in [0.5, 0.6) is 0 Å². The third-order valence-corrected chi connectivity index (χ3v) is 6.66. The van der Waals surface area contributed by atoms with Crippen molar-refractivity contribution < 1.29 is 4.79 Å². The largest absolute Gasteiger partial charge is 0.342 e. The van der Waals surface area contributed by atoms with Gasteiger partial charge in [0, 0.05) is 19.0 Å². The molecule has 0 radical (unpaired) electrons. The molecule has 0 unspecified atom stereocenters. The van der Waals surface area contributed by atoms with Gasteiger partial charge in [-0.2, -0.15) is 0 Å². The van der Waals surface area contributed by atoms with Gasteiger partial charge in [-0.1, -0.05) is 61.4 Å². The van der Waals surface area contributed by atoms with Crippen molar-refractivity contribution in [1.29, 1.82) is 0 Å². The predicted molar refractivity (Wildman–Crippen MR) is 108 cm³/mol. The first kappa shape index (κ1) is 18.5. The van der Waals surface area contributed by atoms with Crippen LogP contribution in [0.2, 0.25) is 0 Å². The molecule has 2 saturated carbocycles. The second-order valence-electron chi connectivity index (χ2n) is 7.77. The fraction of sp³-hybridized carbons (Fsp3) is 0.571. The minimum absolute atomic E-state index is 0.203. The smallest absolute Gasteiger partial charge is 0.233 e. The number of hydrogen-bond acceptors (Lipinski definition) is 4. The van der Waals surface area contributed by atoms with Gasteiger partial charge in [-0.25, -0.2) is 0 Å². The number of benzene rings is 1. The molecule has 2 aliphatic rings. The molecule has 1 heterocycles. The van der Waals surface area contributed by atoms with Gasteiger partial charge in [-0.3, -0.25) is 4.79 Å². The summed E-state index contributed by atoms with van der Waals surface area (Å²) in [7, 11) is 1.96. The highest BCUT2D eigenvalue weighted by Gasteiger charge is 2.31. The third-order valence-electron chi connectivity index (χ3n) is 5.71. The molecule has 2 fully saturated rings. The van der Waals surface area contributed by atoms with Gasteiger partial charge in [-0.05, 0) is 31.2 Å². The number of carbonyl (C=O) groups excluding carboxylic acids is 1. The van der Waals surface area contributed by atoms with Crippen LogP contribution in [-0.4, -0.2) is 44.4 Å². The SMILES string of the molecule is CN(C(=O)CSc1nnc(C2CC2)n1Cc1ccccc1)C1CCCCC1. The quantitative estimate of drug-likeness (QED) is 0.675. The minimum atomic E-state index is 0.203. The molecule has 0 atom stereocenters. The van der Waals surface area contributed by atoms with E-state index in [0.29, 0.717) is 17.7 Å². The van der Waals surface area contributed by atoms with Gasteiger partial charge < -0.3 is 9.47 Å². The van der Waals surface area contributed by atoms with Gasteiger partial charge >= 0.3 is 0 Å². The molecular formula is C21H28N4OS. The van der Waals surface area contributed by atoms with Gasteiger partial charge in [0.15, 0.2) is 5.16 Å². The lowest BCUT2D eigenvalue weighted by Gasteiger charge is -2.31. The highest BCUT2D eigenvalue weighted by molar-refractivity contribution is 7.99. The second-order valence-corrected chi connectivity index (χ2v) is 8.71. The fourth-order valence-corrected chi connectivity index (χ4v) is 4.73. The van der Waals surface area contributed by atoms with Crippen LogP contribution in [0.3, 0.4) is 0 Å². The summed E-state index contributed by atoms with van der Waals surface area (Å²) in [6.45, 7) is 0.772. The molecule has 27 heavy (non-hydrogen) atoms. The van der Waals surface area contributed by atoms with E-state index in [-0.39, 0.29) is 5.91 Å². The summed E-state index contributed by atoms with van der Waals surface area (Å²) in [5, 5.41) is 9.74. The molecule has 6 heteroatoms. The molecule has 0 spiro atoms. The van der Waals surface area contributed by atoms with Crippen LogP contribution in [0.4, 0.5) is 0 Å². The zero-order valence-electron chi connectivity index (χ0n) is 16.0. The molecule has 4 rings (SSSR count). The summed E-state index contributed by atoms with van der Waals surface area (Å²) in [5.41, 5.74) is 1.24. The Kier molecular flexibility index (Phi) is 5.81. The highest BCUT2D eigenvalue weighted by Crippen LogP contribution is 2.40. The fourth-order valence-electron chi connectivity index (χ4n) is 3.87. The van der Waals surface area contributed by atoms with Gasteiger partial charge in [0.25, 0.3) is 0 Å². The molecule has 1 aromatic carbocycles. The van der Waals surface area contributed by atoms with Crippen molar-refractivity contribution in [1.82, 2.24) is 19.7 Å². The van der Waals surface area contributed by atoms with Crippen molar-refractivity contribution in [2.75, 3.05) is 12.8 Å². The Hall–Kier alpha value is -1.82. The maximum absolute atomic E-state index is 12.7. The van der Waals surface area contributed by atoms with Gasteiger partial charge in [0.05, 0.1) is 12.3 Å². The lowest BCUT2D eigenvalue weighted by molar-refractivity contribution is -0.129. The van der Waals surface area contributed by atoms with Crippen LogP contribution in [0.1, 0.15) is 62.3 Å². The number of amides is 1. The Morgan fingerprint density at radius 1 is 1.11 bits per heavy atom. The first-order valence-corrected chi connectivity index (χ1v) is 11.1. The molecule has 0 N–H and O–H groups in total. The number of rotatable bonds is 7. The van der Waals surface area contributed by atoms with E-state index in [1.807, 2.05) is 18.0 Å². The lowest BCUT2D eigenvalue weighted by Crippen LogP contribution is -2.39. The summed E-state index contributed by atoms with van der Waals surface area (Å²) in [4.78, 5) is 14.7. The predicted octanol–water partition coefficient (Wildman–Crippen LogP) is 4.09. The Labute approximate surface area is 165 Å². The highest BCUT2D eigenvalue weighted by atomic mass is 32.2. The normalized spacial score (nSPS) is 17.8. The van der Waals surface area contributed by atoms with Crippen LogP contribution >= 0.6 is 11.8 Å². The van der Waals surface area contributed by atoms with E-state index >= 15 is 0 Å². The molecule has 1 amide bonds. The Morgan fingerprint density at radius 3 is 2.56 bits per heavy atom. The van der Waals surface area contributed by atoms with E-state index in [4.69, 9.17) is 0 Å². The van der Waals surface area contributed by atoms with Crippen LogP contribution in [0.25, 0.3) is 0 Å². The Morgan fingerprint density at radius 2 is 1.85 bits per heavy atom. The van der Waals surface area contributed by atoms with Crippen LogP contribution in [-0.2, 0) is 11.3 Å². The van der Waals surface area contributed by atoms with E-state index in [1.165, 1.54) is 49.4 Å². The lowest BCUT2D eigenvalue weighted by atomic mass is 9.94. The number of nitrogens with zero attached hydrogens (tertiary/aromatic N) is 4. The van der Waals surface area contributed by atoms with Crippen LogP contribution in [0.15, 0.2) is 35.5 Å². The van der Waals surface area contributed by atoms with Crippen molar-refractivity contribution in [3.05, 3.63) is 41.7 Å². The molecule has 1 aromatic heterocycles. The van der Waals surface area contributed by atoms with Crippen molar-refractivity contribution in [2.24, 2.45) is 0 Å². The summed E-state index contributed by atoms with van der Waals surface area (Å²) >= 11 is 1.53. The Balaban J connectivity index is 1.43. The third kappa shape index (κ3) is 4.54. The number of hydrogen-bond donors (Lipinski definition) is 0. The van der Waals surface area contributed by atoms with Gasteiger partial charge in [0.1, 0.15) is 5.82 Å². The summed E-state index contributed by atoms with van der Waals surface area (Å²) in [6.07, 6.45) is 8.46. The average molecular weight is 385 g/mol. The van der Waals surface area contributed by atoms with E-state index < -0.39 is 0 Å². The van der Waals surface area contributed by atoms with Crippen molar-refractivity contribution in [3.63, 3.8) is 0 Å². The monoisotopic (exact) mass is 384 g/mol. The number of aromatic nitrogens is 3. The van der Waals surface area contributed by atoms with Crippen molar-refractivity contribution in [3.8, 4) is 0 Å². The van der Waals surface area contributed by atoms with Gasteiger partial charge in [-0.15, -0.1) is 10.2 Å². The topological polar surface area (TPSA) is 51.0 Å². The molecular weight excluding hydrogens is 356 g/mol. The molecule has 2 aliphatic carbocycles. The maximum atomic E-state index is 12.7. The number of thioether (sulfide) groups is 1. The van der Waals surface area contributed by atoms with Crippen molar-refractivity contribution >= 4 is 17.7 Å². The zero-order valence-corrected chi connectivity index (χ0v) is 16.8. The van der Waals surface area contributed by atoms with E-state index in [2.05, 4.69) is 39.0 Å². The minimum Gasteiger partial charge on any atom is -0.342 e. The first-order valence-electron chi connectivity index (χ1n) is 10.1. The molecule has 0 saturated heterocycles. The van der Waals surface area contributed by atoms with Crippen molar-refractivity contribution in [2.45, 2.75) is 68.6 Å². The summed E-state index contributed by atoms with van der Waals surface area (Å²) in [6, 6.07) is 10.8. The molecule has 2 aromatic rings. The van der Waals surface area contributed by atoms with Crippen LogP contribution < -0.4 is 0 Å². The van der Waals surface area contributed by atoms with E-state index in [1.54, 1.807) is 0 Å². The van der Waals surface area contributed by atoms with E-state index in [9.17, 15) is 4.79 Å². The second kappa shape index (κ2) is 8.46. The first-order chi connectivity index (χ1) is 13.2. The molecule has 0 aliphatic heterocycles. The zero-order chi connectivity index (χ0) is 18.6. The number of carbonyl (C=O) groups is 1. The Bertz CT molecular complexity index is 766.